The first kappa shape index (κ1) is 14.6. The summed E-state index contributed by atoms with van der Waals surface area (Å²) in [4.78, 5) is 26.4. The molecule has 0 radical (unpaired) electrons. The Morgan fingerprint density at radius 2 is 2.27 bits per heavy atom. The smallest absolute Gasteiger partial charge is 0.264 e. The Labute approximate surface area is 132 Å². The zero-order chi connectivity index (χ0) is 15.5. The lowest BCUT2D eigenvalue weighted by Crippen LogP contribution is -2.35. The number of benzene rings is 1. The van der Waals surface area contributed by atoms with Crippen LogP contribution in [0.3, 0.4) is 0 Å². The Kier molecular flexibility index (Phi) is 4.11. The molecule has 1 aliphatic heterocycles. The summed E-state index contributed by atoms with van der Waals surface area (Å²) in [6.07, 6.45) is 1.17. The number of likely N-dealkylation sites (N-methyl/N-ethyl adjacent to an activating group) is 1. The maximum Gasteiger partial charge on any atom is 0.264 e. The second-order valence-electron chi connectivity index (χ2n) is 5.05. The number of hydrogen-bond acceptors (Lipinski definition) is 4. The number of nitrogens with zero attached hydrogens (tertiary/aromatic N) is 1. The van der Waals surface area contributed by atoms with Crippen LogP contribution in [-0.2, 0) is 16.0 Å². The molecule has 114 valence electrons. The molecule has 2 aromatic rings. The van der Waals surface area contributed by atoms with E-state index in [2.05, 4.69) is 5.32 Å². The van der Waals surface area contributed by atoms with Gasteiger partial charge in [0.05, 0.1) is 5.69 Å². The molecular formula is C16H16N2O3S. The molecule has 1 aromatic carbocycles. The number of fused-ring (bicyclic) bond motifs is 1. The molecule has 0 saturated carbocycles. The van der Waals surface area contributed by atoms with Crippen molar-refractivity contribution in [1.82, 2.24) is 0 Å². The normalized spacial score (nSPS) is 13.5. The largest absolute Gasteiger partial charge is 0.482 e. The van der Waals surface area contributed by atoms with E-state index >= 15 is 0 Å². The molecule has 0 unspecified atom stereocenters. The summed E-state index contributed by atoms with van der Waals surface area (Å²) < 4.78 is 5.36. The highest BCUT2D eigenvalue weighted by molar-refractivity contribution is 7.09. The summed E-state index contributed by atoms with van der Waals surface area (Å²) in [6.45, 7) is 0.0516. The quantitative estimate of drug-likeness (QED) is 0.943. The lowest BCUT2D eigenvalue weighted by Gasteiger charge is -2.26. The lowest BCUT2D eigenvalue weighted by molar-refractivity contribution is -0.121. The van der Waals surface area contributed by atoms with Crippen molar-refractivity contribution in [2.24, 2.45) is 0 Å². The minimum atomic E-state index is -0.103. The Bertz CT molecular complexity index is 697. The Hall–Kier alpha value is -2.34. The van der Waals surface area contributed by atoms with Gasteiger partial charge in [0.15, 0.2) is 6.61 Å². The standard InChI is InChI=1S/C16H16N2O3S/c1-18-13-9-11(4-6-14(13)21-10-16(18)20)17-15(19)7-5-12-3-2-8-22-12/h2-4,6,8-9H,5,7,10H2,1H3,(H,17,19). The number of amides is 2. The van der Waals surface area contributed by atoms with Crippen molar-refractivity contribution >= 4 is 34.5 Å². The number of hydrogen-bond donors (Lipinski definition) is 1. The van der Waals surface area contributed by atoms with Crippen LogP contribution in [0.5, 0.6) is 5.75 Å². The molecular weight excluding hydrogens is 300 g/mol. The number of carbonyl (C=O) groups excluding carboxylic acids is 2. The lowest BCUT2D eigenvalue weighted by atomic mass is 10.2. The van der Waals surface area contributed by atoms with Crippen LogP contribution in [0.2, 0.25) is 0 Å². The predicted molar refractivity (Wildman–Crippen MR) is 86.6 cm³/mol. The molecule has 1 aromatic heterocycles. The molecule has 0 spiro atoms. The van der Waals surface area contributed by atoms with Crippen molar-refractivity contribution in [1.29, 1.82) is 0 Å². The van der Waals surface area contributed by atoms with Gasteiger partial charge in [-0.05, 0) is 36.1 Å². The van der Waals surface area contributed by atoms with Gasteiger partial charge in [0.2, 0.25) is 5.91 Å². The minimum Gasteiger partial charge on any atom is -0.482 e. The fraction of sp³-hybridized carbons (Fsp3) is 0.250. The van der Waals surface area contributed by atoms with Crippen molar-refractivity contribution in [3.8, 4) is 5.75 Å². The summed E-state index contributed by atoms with van der Waals surface area (Å²) in [7, 11) is 1.70. The Balaban J connectivity index is 1.65. The third kappa shape index (κ3) is 3.12. The van der Waals surface area contributed by atoms with Crippen LogP contribution in [0.25, 0.3) is 0 Å². The number of carbonyl (C=O) groups is 2. The van der Waals surface area contributed by atoms with Crippen LogP contribution in [0, 0.1) is 0 Å². The average molecular weight is 316 g/mol. The van der Waals surface area contributed by atoms with Gasteiger partial charge in [0.25, 0.3) is 5.91 Å². The van der Waals surface area contributed by atoms with Crippen LogP contribution in [0.4, 0.5) is 11.4 Å². The molecule has 1 aliphatic rings. The van der Waals surface area contributed by atoms with E-state index in [1.807, 2.05) is 17.5 Å². The number of thiophene rings is 1. The molecule has 6 heteroatoms. The molecule has 2 amide bonds. The highest BCUT2D eigenvalue weighted by atomic mass is 32.1. The number of rotatable bonds is 4. The van der Waals surface area contributed by atoms with E-state index in [0.717, 1.165) is 6.42 Å². The van der Waals surface area contributed by atoms with Crippen LogP contribution in [0.1, 0.15) is 11.3 Å². The summed E-state index contributed by atoms with van der Waals surface area (Å²) in [5.74, 6) is 0.506. The molecule has 2 heterocycles. The second kappa shape index (κ2) is 6.19. The average Bonchev–Trinajstić information content (AvgIpc) is 3.03. The SMILES string of the molecule is CN1C(=O)COc2ccc(NC(=O)CCc3cccs3)cc21. The highest BCUT2D eigenvalue weighted by Gasteiger charge is 2.22. The fourth-order valence-electron chi connectivity index (χ4n) is 2.27. The summed E-state index contributed by atoms with van der Waals surface area (Å²) in [5, 5.41) is 4.87. The zero-order valence-corrected chi connectivity index (χ0v) is 13.0. The minimum absolute atomic E-state index is 0.0425. The Morgan fingerprint density at radius 3 is 3.05 bits per heavy atom. The van der Waals surface area contributed by atoms with Crippen molar-refractivity contribution in [3.63, 3.8) is 0 Å². The van der Waals surface area contributed by atoms with Crippen molar-refractivity contribution in [2.45, 2.75) is 12.8 Å². The van der Waals surface area contributed by atoms with Crippen molar-refractivity contribution < 1.29 is 14.3 Å². The highest BCUT2D eigenvalue weighted by Crippen LogP contribution is 2.33. The van der Waals surface area contributed by atoms with E-state index in [4.69, 9.17) is 4.74 Å². The number of nitrogens with one attached hydrogen (secondary N) is 1. The molecule has 0 bridgehead atoms. The van der Waals surface area contributed by atoms with E-state index in [1.54, 1.807) is 41.5 Å². The van der Waals surface area contributed by atoms with Crippen molar-refractivity contribution in [3.05, 3.63) is 40.6 Å². The van der Waals surface area contributed by atoms with Gasteiger partial charge in [0, 0.05) is 24.0 Å². The number of ether oxygens (including phenoxy) is 1. The van der Waals surface area contributed by atoms with Gasteiger partial charge < -0.3 is 15.0 Å². The van der Waals surface area contributed by atoms with Crippen molar-refractivity contribution in [2.75, 3.05) is 23.9 Å². The van der Waals surface area contributed by atoms with Crippen LogP contribution >= 0.6 is 11.3 Å². The first-order chi connectivity index (χ1) is 10.6. The van der Waals surface area contributed by atoms with E-state index < -0.39 is 0 Å². The number of anilines is 2. The topological polar surface area (TPSA) is 58.6 Å². The van der Waals surface area contributed by atoms with Gasteiger partial charge in [-0.25, -0.2) is 0 Å². The van der Waals surface area contributed by atoms with Gasteiger partial charge in [-0.15, -0.1) is 11.3 Å². The van der Waals surface area contributed by atoms with E-state index in [0.29, 0.717) is 23.5 Å². The van der Waals surface area contributed by atoms with Gasteiger partial charge >= 0.3 is 0 Å². The predicted octanol–water partition coefficient (Wildman–Crippen LogP) is 2.67. The molecule has 1 N–H and O–H groups in total. The maximum atomic E-state index is 12.0. The van der Waals surface area contributed by atoms with E-state index in [-0.39, 0.29) is 18.4 Å². The molecule has 0 atom stereocenters. The fourth-order valence-corrected chi connectivity index (χ4v) is 2.97. The molecule has 3 rings (SSSR count). The third-order valence-corrected chi connectivity index (χ3v) is 4.44. The van der Waals surface area contributed by atoms with Gasteiger partial charge in [-0.1, -0.05) is 6.07 Å². The van der Waals surface area contributed by atoms with Crippen LogP contribution in [0.15, 0.2) is 35.7 Å². The number of aryl methyl sites for hydroxylation is 1. The van der Waals surface area contributed by atoms with E-state index in [9.17, 15) is 9.59 Å². The second-order valence-corrected chi connectivity index (χ2v) is 6.08. The maximum absolute atomic E-state index is 12.0. The first-order valence-electron chi connectivity index (χ1n) is 6.99. The summed E-state index contributed by atoms with van der Waals surface area (Å²) in [6, 6.07) is 9.32. The third-order valence-electron chi connectivity index (χ3n) is 3.51. The molecule has 5 nitrogen and oxygen atoms in total. The Morgan fingerprint density at radius 1 is 1.41 bits per heavy atom. The zero-order valence-electron chi connectivity index (χ0n) is 12.2. The molecule has 0 fully saturated rings. The van der Waals surface area contributed by atoms with Gasteiger partial charge in [-0.3, -0.25) is 9.59 Å². The molecule has 0 aliphatic carbocycles. The summed E-state index contributed by atoms with van der Waals surface area (Å²) in [5.41, 5.74) is 1.34. The monoisotopic (exact) mass is 316 g/mol. The first-order valence-corrected chi connectivity index (χ1v) is 7.87. The molecule has 22 heavy (non-hydrogen) atoms. The van der Waals surface area contributed by atoms with Gasteiger partial charge in [0.1, 0.15) is 5.75 Å². The van der Waals surface area contributed by atoms with Crippen LogP contribution < -0.4 is 15.0 Å². The van der Waals surface area contributed by atoms with Gasteiger partial charge in [-0.2, -0.15) is 0 Å². The van der Waals surface area contributed by atoms with Crippen LogP contribution in [-0.4, -0.2) is 25.5 Å². The van der Waals surface area contributed by atoms with E-state index in [1.165, 1.54) is 4.88 Å². The molecule has 0 saturated heterocycles. The summed E-state index contributed by atoms with van der Waals surface area (Å²) >= 11 is 1.65.